The lowest BCUT2D eigenvalue weighted by Gasteiger charge is -2.07. The first-order chi connectivity index (χ1) is 3.79. The van der Waals surface area contributed by atoms with Gasteiger partial charge in [-0.2, -0.15) is 0 Å². The van der Waals surface area contributed by atoms with E-state index in [0.29, 0.717) is 13.0 Å². The lowest BCUT2D eigenvalue weighted by atomic mass is 10.2. The summed E-state index contributed by atoms with van der Waals surface area (Å²) in [5.41, 5.74) is 0. The van der Waals surface area contributed by atoms with E-state index in [1.54, 1.807) is 0 Å². The molecule has 1 atom stereocenters. The average molecular weight is 101 g/mol. The third-order valence-electron chi connectivity index (χ3n) is 0.928. The molecule has 1 rings (SSSR count). The Kier molecular flexibility index (Phi) is 1.07. The van der Waals surface area contributed by atoms with Crippen LogP contribution in [-0.4, -0.2) is 19.0 Å². The number of ether oxygens (including phenoxy) is 1. The summed E-state index contributed by atoms with van der Waals surface area (Å²) >= 11 is 0. The van der Waals surface area contributed by atoms with Crippen LogP contribution in [0.3, 0.4) is 0 Å². The number of ketones is 1. The SMILES string of the molecule is [2H]C1CC(=O)CCO1. The molecule has 1 heterocycles. The fourth-order valence-corrected chi connectivity index (χ4v) is 0.510. The maximum atomic E-state index is 10.5. The molecule has 0 radical (unpaired) electrons. The molecule has 0 spiro atoms. The molecule has 1 aliphatic rings. The molecule has 0 amide bonds. The van der Waals surface area contributed by atoms with E-state index in [1.165, 1.54) is 0 Å². The Hall–Kier alpha value is -0.370. The number of rotatable bonds is 0. The topological polar surface area (TPSA) is 26.3 Å². The van der Waals surface area contributed by atoms with Gasteiger partial charge in [0.25, 0.3) is 0 Å². The van der Waals surface area contributed by atoms with E-state index < -0.39 is 6.58 Å². The van der Waals surface area contributed by atoms with Crippen molar-refractivity contribution < 1.29 is 10.9 Å². The predicted octanol–water partition coefficient (Wildman–Crippen LogP) is 0.366. The van der Waals surface area contributed by atoms with Gasteiger partial charge < -0.3 is 4.74 Å². The van der Waals surface area contributed by atoms with Crippen LogP contribution in [0.2, 0.25) is 0 Å². The third kappa shape index (κ3) is 1.27. The van der Waals surface area contributed by atoms with Crippen LogP contribution in [0.25, 0.3) is 0 Å². The van der Waals surface area contributed by atoms with Gasteiger partial charge in [-0.25, -0.2) is 0 Å². The maximum Gasteiger partial charge on any atom is 0.137 e. The molecule has 1 unspecified atom stereocenters. The quantitative estimate of drug-likeness (QED) is 0.440. The molecule has 0 aromatic carbocycles. The minimum Gasteiger partial charge on any atom is -0.381 e. The zero-order valence-electron chi connectivity index (χ0n) is 5.02. The minimum absolute atomic E-state index is 0.149. The molecule has 1 aliphatic heterocycles. The summed E-state index contributed by atoms with van der Waals surface area (Å²) in [4.78, 5) is 10.5. The van der Waals surface area contributed by atoms with Gasteiger partial charge in [0.15, 0.2) is 0 Å². The molecule has 0 N–H and O–H groups in total. The summed E-state index contributed by atoms with van der Waals surface area (Å²) < 4.78 is 11.8. The molecule has 1 saturated heterocycles. The van der Waals surface area contributed by atoms with Crippen molar-refractivity contribution in [2.24, 2.45) is 0 Å². The number of carbonyl (C=O) groups excluding carboxylic acids is 1. The van der Waals surface area contributed by atoms with Crippen LogP contribution in [-0.2, 0) is 9.53 Å². The third-order valence-corrected chi connectivity index (χ3v) is 0.928. The smallest absolute Gasteiger partial charge is 0.137 e. The molecule has 0 aromatic rings. The second-order valence-electron chi connectivity index (χ2n) is 1.53. The van der Waals surface area contributed by atoms with Gasteiger partial charge in [-0.15, -0.1) is 0 Å². The van der Waals surface area contributed by atoms with Crippen molar-refractivity contribution in [3.05, 3.63) is 0 Å². The zero-order valence-corrected chi connectivity index (χ0v) is 4.02. The van der Waals surface area contributed by atoms with Gasteiger partial charge in [0.2, 0.25) is 0 Å². The minimum atomic E-state index is -0.587. The van der Waals surface area contributed by atoms with Gasteiger partial charge >= 0.3 is 0 Å². The Balaban J connectivity index is 2.34. The van der Waals surface area contributed by atoms with Gasteiger partial charge in [-0.05, 0) is 0 Å². The molecule has 0 saturated carbocycles. The Bertz CT molecular complexity index is 103. The van der Waals surface area contributed by atoms with Crippen molar-refractivity contribution in [3.63, 3.8) is 0 Å². The van der Waals surface area contributed by atoms with Gasteiger partial charge in [-0.1, -0.05) is 0 Å². The van der Waals surface area contributed by atoms with Gasteiger partial charge in [0.05, 0.1) is 14.6 Å². The summed E-state index contributed by atoms with van der Waals surface area (Å²) in [7, 11) is 0. The van der Waals surface area contributed by atoms with E-state index in [2.05, 4.69) is 0 Å². The molecule has 0 aliphatic carbocycles. The highest BCUT2D eigenvalue weighted by molar-refractivity contribution is 5.78. The van der Waals surface area contributed by atoms with Crippen molar-refractivity contribution in [1.29, 1.82) is 0 Å². The van der Waals surface area contributed by atoms with Crippen molar-refractivity contribution in [3.8, 4) is 0 Å². The van der Waals surface area contributed by atoms with Gasteiger partial charge in [0.1, 0.15) is 5.78 Å². The summed E-state index contributed by atoms with van der Waals surface area (Å²) in [6.45, 7) is -0.149. The highest BCUT2D eigenvalue weighted by Crippen LogP contribution is 1.98. The van der Waals surface area contributed by atoms with Crippen molar-refractivity contribution >= 4 is 5.78 Å². The van der Waals surface area contributed by atoms with E-state index in [9.17, 15) is 4.79 Å². The van der Waals surface area contributed by atoms with Crippen LogP contribution >= 0.6 is 0 Å². The van der Waals surface area contributed by atoms with E-state index in [0.717, 1.165) is 0 Å². The monoisotopic (exact) mass is 101 g/mol. The molecular weight excluding hydrogens is 92.1 g/mol. The van der Waals surface area contributed by atoms with Crippen molar-refractivity contribution in [1.82, 2.24) is 0 Å². The highest BCUT2D eigenvalue weighted by Gasteiger charge is 2.06. The standard InChI is InChI=1S/C5H8O2/c6-5-1-3-7-4-2-5/h1-4H2/i3D. The second-order valence-corrected chi connectivity index (χ2v) is 1.53. The molecule has 40 valence electrons. The molecule has 0 bridgehead atoms. The summed E-state index contributed by atoms with van der Waals surface area (Å²) in [5.74, 6) is 0.149. The normalized spacial score (nSPS) is 35.1. The Morgan fingerprint density at radius 1 is 1.71 bits per heavy atom. The van der Waals surface area contributed by atoms with Crippen LogP contribution in [0, 0.1) is 0 Å². The van der Waals surface area contributed by atoms with Crippen LogP contribution in [0.5, 0.6) is 0 Å². The first-order valence-electron chi connectivity index (χ1n) is 2.92. The van der Waals surface area contributed by atoms with E-state index >= 15 is 0 Å². The largest absolute Gasteiger partial charge is 0.381 e. The molecule has 2 heteroatoms. The average Bonchev–Trinajstić information content (AvgIpc) is 1.64. The molecule has 1 fully saturated rings. The highest BCUT2D eigenvalue weighted by atomic mass is 16.5. The van der Waals surface area contributed by atoms with Crippen LogP contribution in [0.1, 0.15) is 14.2 Å². The molecule has 7 heavy (non-hydrogen) atoms. The Morgan fingerprint density at radius 3 is 3.00 bits per heavy atom. The van der Waals surface area contributed by atoms with E-state index in [1.807, 2.05) is 0 Å². The number of hydrogen-bond acceptors (Lipinski definition) is 2. The first-order valence-corrected chi connectivity index (χ1v) is 2.34. The van der Waals surface area contributed by atoms with Crippen LogP contribution in [0.4, 0.5) is 0 Å². The van der Waals surface area contributed by atoms with Gasteiger partial charge in [-0.3, -0.25) is 4.79 Å². The van der Waals surface area contributed by atoms with E-state index in [4.69, 9.17) is 6.11 Å². The molecular formula is C5H8O2. The first kappa shape index (κ1) is 3.61. The molecule has 2 nitrogen and oxygen atoms in total. The van der Waals surface area contributed by atoms with E-state index in [-0.39, 0.29) is 12.2 Å². The van der Waals surface area contributed by atoms with Crippen LogP contribution < -0.4 is 0 Å². The fourth-order valence-electron chi connectivity index (χ4n) is 0.510. The fraction of sp³-hybridized carbons (Fsp3) is 0.800. The summed E-state index contributed by atoms with van der Waals surface area (Å²) in [5, 5.41) is 0. The predicted molar refractivity (Wildman–Crippen MR) is 25.1 cm³/mol. The number of Topliss-reactive ketones (excluding diaryl/α,β-unsaturated/α-hetero) is 1. The Morgan fingerprint density at radius 2 is 2.57 bits per heavy atom. The van der Waals surface area contributed by atoms with Crippen LogP contribution in [0.15, 0.2) is 0 Å². The maximum absolute atomic E-state index is 10.5. The number of hydrogen-bond donors (Lipinski definition) is 0. The number of carbonyl (C=O) groups is 1. The Labute approximate surface area is 43.9 Å². The summed E-state index contributed by atoms with van der Waals surface area (Å²) in [6, 6.07) is 0. The van der Waals surface area contributed by atoms with Crippen molar-refractivity contribution in [2.75, 3.05) is 13.2 Å². The van der Waals surface area contributed by atoms with Gasteiger partial charge in [0, 0.05) is 12.8 Å². The summed E-state index contributed by atoms with van der Waals surface area (Å²) in [6.07, 6.45) is 0.773. The lowest BCUT2D eigenvalue weighted by Crippen LogP contribution is -2.14. The molecule has 0 aromatic heterocycles. The van der Waals surface area contributed by atoms with Crippen molar-refractivity contribution in [2.45, 2.75) is 12.8 Å². The second kappa shape index (κ2) is 2.07. The lowest BCUT2D eigenvalue weighted by molar-refractivity contribution is -0.124. The zero-order chi connectivity index (χ0) is 5.98.